The fraction of sp³-hybridized carbons (Fsp3) is 0.267. The van der Waals surface area contributed by atoms with Gasteiger partial charge in [-0.1, -0.05) is 17.2 Å². The summed E-state index contributed by atoms with van der Waals surface area (Å²) in [5.41, 5.74) is 10.3. The van der Waals surface area contributed by atoms with E-state index >= 15 is 0 Å². The van der Waals surface area contributed by atoms with Gasteiger partial charge in [0.25, 0.3) is 5.69 Å². The number of nitro groups is 1. The molecular formula is C15H14N6O2. The van der Waals surface area contributed by atoms with Gasteiger partial charge in [-0.25, -0.2) is 0 Å². The molecule has 0 unspecified atom stereocenters. The van der Waals surface area contributed by atoms with Gasteiger partial charge >= 0.3 is 0 Å². The molecule has 1 aliphatic heterocycles. The Kier molecular flexibility index (Phi) is 4.07. The average Bonchev–Trinajstić information content (AvgIpc) is 3.05. The van der Waals surface area contributed by atoms with E-state index in [0.29, 0.717) is 5.69 Å². The molecular weight excluding hydrogens is 296 g/mol. The highest BCUT2D eigenvalue weighted by atomic mass is 16.6. The van der Waals surface area contributed by atoms with Crippen LogP contribution in [-0.4, -0.2) is 16.5 Å². The van der Waals surface area contributed by atoms with Gasteiger partial charge in [-0.3, -0.25) is 15.1 Å². The molecule has 3 rings (SSSR count). The topological polar surface area (TPSA) is 108 Å². The van der Waals surface area contributed by atoms with Crippen LogP contribution in [0.1, 0.15) is 24.4 Å². The zero-order valence-electron chi connectivity index (χ0n) is 12.2. The van der Waals surface area contributed by atoms with Gasteiger partial charge in [-0.05, 0) is 36.1 Å². The van der Waals surface area contributed by atoms with Crippen molar-refractivity contribution in [2.24, 2.45) is 5.11 Å². The Morgan fingerprint density at radius 1 is 1.43 bits per heavy atom. The van der Waals surface area contributed by atoms with Gasteiger partial charge in [0.15, 0.2) is 0 Å². The number of anilines is 1. The highest BCUT2D eigenvalue weighted by Gasteiger charge is 2.31. The number of pyridine rings is 1. The maximum absolute atomic E-state index is 11.4. The fourth-order valence-corrected chi connectivity index (χ4v) is 2.99. The summed E-state index contributed by atoms with van der Waals surface area (Å²) in [6.45, 7) is 0.737. The zero-order chi connectivity index (χ0) is 16.2. The fourth-order valence-electron chi connectivity index (χ4n) is 2.99. The summed E-state index contributed by atoms with van der Waals surface area (Å²) in [4.78, 5) is 19.8. The van der Waals surface area contributed by atoms with Crippen LogP contribution in [0.2, 0.25) is 0 Å². The van der Waals surface area contributed by atoms with Crippen LogP contribution in [0.4, 0.5) is 17.1 Å². The molecule has 0 aliphatic carbocycles. The van der Waals surface area contributed by atoms with Gasteiger partial charge in [-0.15, -0.1) is 0 Å². The van der Waals surface area contributed by atoms with Gasteiger partial charge in [-0.2, -0.15) is 0 Å². The maximum atomic E-state index is 11.4. The van der Waals surface area contributed by atoms with Crippen molar-refractivity contribution >= 4 is 17.1 Å². The Morgan fingerprint density at radius 2 is 2.30 bits per heavy atom. The molecule has 0 saturated carbocycles. The predicted octanol–water partition coefficient (Wildman–Crippen LogP) is 4.27. The van der Waals surface area contributed by atoms with E-state index < -0.39 is 4.92 Å². The lowest BCUT2D eigenvalue weighted by molar-refractivity contribution is -0.384. The zero-order valence-corrected chi connectivity index (χ0v) is 12.2. The van der Waals surface area contributed by atoms with Crippen LogP contribution < -0.4 is 4.90 Å². The lowest BCUT2D eigenvalue weighted by Crippen LogP contribution is -2.23. The molecule has 1 aromatic carbocycles. The molecule has 0 bridgehead atoms. The first-order valence-corrected chi connectivity index (χ1v) is 7.21. The van der Waals surface area contributed by atoms with Crippen LogP contribution in [-0.2, 0) is 0 Å². The average molecular weight is 310 g/mol. The van der Waals surface area contributed by atoms with Crippen LogP contribution in [0.15, 0.2) is 47.8 Å². The number of hydrogen-bond acceptors (Lipinski definition) is 5. The van der Waals surface area contributed by atoms with Gasteiger partial charge in [0.05, 0.1) is 11.0 Å². The molecule has 8 heteroatoms. The maximum Gasteiger partial charge on any atom is 0.293 e. The third kappa shape index (κ3) is 2.93. The minimum absolute atomic E-state index is 0.0503. The monoisotopic (exact) mass is 310 g/mol. The lowest BCUT2D eigenvalue weighted by atomic mass is 10.1. The molecule has 0 N–H and O–H groups in total. The molecule has 1 atom stereocenters. The Morgan fingerprint density at radius 3 is 3.00 bits per heavy atom. The van der Waals surface area contributed by atoms with Crippen molar-refractivity contribution in [1.82, 2.24) is 4.98 Å². The van der Waals surface area contributed by atoms with E-state index in [1.165, 1.54) is 6.07 Å². The van der Waals surface area contributed by atoms with Crippen molar-refractivity contribution in [1.29, 1.82) is 0 Å². The van der Waals surface area contributed by atoms with Crippen LogP contribution in [0.5, 0.6) is 0 Å². The van der Waals surface area contributed by atoms with E-state index in [0.717, 1.165) is 24.9 Å². The number of azide groups is 1. The van der Waals surface area contributed by atoms with E-state index in [1.807, 2.05) is 17.0 Å². The summed E-state index contributed by atoms with van der Waals surface area (Å²) in [5.74, 6) is 0. The smallest absolute Gasteiger partial charge is 0.293 e. The van der Waals surface area contributed by atoms with Crippen LogP contribution in [0.25, 0.3) is 10.4 Å². The normalized spacial score (nSPS) is 16.9. The summed E-state index contributed by atoms with van der Waals surface area (Å²) in [6.07, 6.45) is 5.37. The molecule has 1 fully saturated rings. The van der Waals surface area contributed by atoms with E-state index in [2.05, 4.69) is 15.0 Å². The molecule has 23 heavy (non-hydrogen) atoms. The van der Waals surface area contributed by atoms with Crippen molar-refractivity contribution in [3.63, 3.8) is 0 Å². The number of aromatic nitrogens is 1. The number of benzene rings is 1. The second-order valence-electron chi connectivity index (χ2n) is 5.26. The second-order valence-corrected chi connectivity index (χ2v) is 5.26. The summed E-state index contributed by atoms with van der Waals surface area (Å²) in [6, 6.07) is 8.47. The summed E-state index contributed by atoms with van der Waals surface area (Å²) in [5, 5.41) is 14.9. The van der Waals surface area contributed by atoms with Gasteiger partial charge in [0.2, 0.25) is 0 Å². The van der Waals surface area contributed by atoms with Crippen molar-refractivity contribution in [2.45, 2.75) is 18.9 Å². The van der Waals surface area contributed by atoms with E-state index in [9.17, 15) is 10.1 Å². The molecule has 8 nitrogen and oxygen atoms in total. The standard InChI is InChI=1S/C15H14N6O2/c16-19-18-12-5-6-14(15(9-12)21(22)23)20-8-2-4-13(20)11-3-1-7-17-10-11/h1,3,5-7,9-10,13H,2,4,8H2/t13-/m0/s1. The molecule has 2 aromatic rings. The van der Waals surface area contributed by atoms with E-state index in [4.69, 9.17) is 5.53 Å². The molecule has 2 heterocycles. The third-order valence-electron chi connectivity index (χ3n) is 3.95. The Hall–Kier alpha value is -3.12. The number of rotatable bonds is 4. The molecule has 1 aliphatic rings. The van der Waals surface area contributed by atoms with Gasteiger partial charge in [0, 0.05) is 35.6 Å². The van der Waals surface area contributed by atoms with Crippen molar-refractivity contribution < 1.29 is 4.92 Å². The quantitative estimate of drug-likeness (QED) is 0.276. The Balaban J connectivity index is 2.03. The van der Waals surface area contributed by atoms with Crippen LogP contribution in [0, 0.1) is 10.1 Å². The van der Waals surface area contributed by atoms with E-state index in [-0.39, 0.29) is 17.4 Å². The molecule has 116 valence electrons. The first kappa shape index (κ1) is 14.8. The highest BCUT2D eigenvalue weighted by molar-refractivity contribution is 5.69. The summed E-state index contributed by atoms with van der Waals surface area (Å²) < 4.78 is 0. The Labute approximate surface area is 132 Å². The number of hydrogen-bond donors (Lipinski definition) is 0. The first-order chi connectivity index (χ1) is 11.2. The minimum Gasteiger partial charge on any atom is -0.359 e. The predicted molar refractivity (Wildman–Crippen MR) is 85.5 cm³/mol. The summed E-state index contributed by atoms with van der Waals surface area (Å²) in [7, 11) is 0. The molecule has 1 aromatic heterocycles. The van der Waals surface area contributed by atoms with Gasteiger partial charge < -0.3 is 4.90 Å². The summed E-state index contributed by atoms with van der Waals surface area (Å²) >= 11 is 0. The molecule has 0 spiro atoms. The Bertz CT molecular complexity index is 773. The van der Waals surface area contributed by atoms with Crippen LogP contribution in [0.3, 0.4) is 0 Å². The van der Waals surface area contributed by atoms with Crippen molar-refractivity contribution in [2.75, 3.05) is 11.4 Å². The first-order valence-electron chi connectivity index (χ1n) is 7.21. The highest BCUT2D eigenvalue weighted by Crippen LogP contribution is 2.41. The third-order valence-corrected chi connectivity index (χ3v) is 3.95. The van der Waals surface area contributed by atoms with Crippen molar-refractivity contribution in [3.05, 3.63) is 68.8 Å². The van der Waals surface area contributed by atoms with Crippen LogP contribution >= 0.6 is 0 Å². The molecule has 0 radical (unpaired) electrons. The number of nitro benzene ring substituents is 1. The SMILES string of the molecule is [N-]=[N+]=Nc1ccc(N2CCC[C@H]2c2cccnc2)c([N+](=O)[O-])c1. The van der Waals surface area contributed by atoms with Crippen molar-refractivity contribution in [3.8, 4) is 0 Å². The lowest BCUT2D eigenvalue weighted by Gasteiger charge is -2.26. The second kappa shape index (κ2) is 6.33. The largest absolute Gasteiger partial charge is 0.359 e. The number of nitrogens with zero attached hydrogens (tertiary/aromatic N) is 6. The van der Waals surface area contributed by atoms with Gasteiger partial charge in [0.1, 0.15) is 5.69 Å². The molecule has 0 amide bonds. The minimum atomic E-state index is -0.440. The molecule has 1 saturated heterocycles. The van der Waals surface area contributed by atoms with E-state index in [1.54, 1.807) is 24.5 Å².